The number of pyridine rings is 1. The Morgan fingerprint density at radius 3 is 2.27 bits per heavy atom. The zero-order chi connectivity index (χ0) is 21.7. The summed E-state index contributed by atoms with van der Waals surface area (Å²) in [5, 5.41) is 9.32. The highest BCUT2D eigenvalue weighted by atomic mass is 35.5. The van der Waals surface area contributed by atoms with Crippen molar-refractivity contribution in [2.45, 2.75) is 31.1 Å². The molecule has 0 radical (unpaired) electrons. The summed E-state index contributed by atoms with van der Waals surface area (Å²) in [5.74, 6) is 0.288. The third-order valence-corrected chi connectivity index (χ3v) is 6.51. The van der Waals surface area contributed by atoms with Crippen LogP contribution in [0.4, 0.5) is 5.82 Å². The van der Waals surface area contributed by atoms with Crippen LogP contribution in [0.3, 0.4) is 0 Å². The maximum absolute atomic E-state index is 13.0. The molecule has 0 amide bonds. The highest BCUT2D eigenvalue weighted by molar-refractivity contribution is 7.92. The van der Waals surface area contributed by atoms with E-state index in [9.17, 15) is 8.42 Å². The number of nitrogens with zero attached hydrogens (tertiary/aromatic N) is 4. The molecule has 0 aliphatic heterocycles. The van der Waals surface area contributed by atoms with E-state index in [1.165, 1.54) is 4.52 Å². The molecule has 9 heteroatoms. The minimum atomic E-state index is -3.80. The Kier molecular flexibility index (Phi) is 4.86. The number of benzene rings is 1. The maximum Gasteiger partial charge on any atom is 0.263 e. The second-order valence-electron chi connectivity index (χ2n) is 8.15. The standard InChI is InChI=1S/C21H22ClN5O2S/c1-21(2,3)14-5-7-15(8-6-14)30(28,29)25-20-10-9-16(22)19-13-18(24-27(19)20)17-11-12-26(4)23-17/h5-13,25H,1-4H3. The monoisotopic (exact) mass is 443 g/mol. The van der Waals surface area contributed by atoms with Crippen molar-refractivity contribution in [3.63, 3.8) is 0 Å². The normalized spacial score (nSPS) is 12.4. The fourth-order valence-electron chi connectivity index (χ4n) is 3.13. The quantitative estimate of drug-likeness (QED) is 0.504. The number of hydrogen-bond acceptors (Lipinski definition) is 4. The van der Waals surface area contributed by atoms with Gasteiger partial charge in [0.2, 0.25) is 0 Å². The third-order valence-electron chi connectivity index (χ3n) is 4.82. The molecule has 0 aliphatic carbocycles. The molecular weight excluding hydrogens is 422 g/mol. The number of fused-ring (bicyclic) bond motifs is 1. The second-order valence-corrected chi connectivity index (χ2v) is 10.2. The third kappa shape index (κ3) is 3.80. The Hall–Kier alpha value is -2.84. The Labute approximate surface area is 180 Å². The molecule has 3 heterocycles. The van der Waals surface area contributed by atoms with Gasteiger partial charge in [0.1, 0.15) is 17.2 Å². The molecule has 0 saturated carbocycles. The van der Waals surface area contributed by atoms with E-state index in [1.54, 1.807) is 35.0 Å². The molecule has 1 N–H and O–H groups in total. The summed E-state index contributed by atoms with van der Waals surface area (Å²) in [6.07, 6.45) is 1.81. The lowest BCUT2D eigenvalue weighted by Crippen LogP contribution is -2.16. The molecule has 0 atom stereocenters. The topological polar surface area (TPSA) is 81.3 Å². The van der Waals surface area contributed by atoms with E-state index in [0.717, 1.165) is 5.56 Å². The van der Waals surface area contributed by atoms with Gasteiger partial charge in [-0.3, -0.25) is 9.40 Å². The molecule has 156 valence electrons. The van der Waals surface area contributed by atoms with Crippen molar-refractivity contribution in [1.29, 1.82) is 0 Å². The van der Waals surface area contributed by atoms with E-state index in [0.29, 0.717) is 21.9 Å². The lowest BCUT2D eigenvalue weighted by molar-refractivity contribution is 0.587. The zero-order valence-corrected chi connectivity index (χ0v) is 18.7. The van der Waals surface area contributed by atoms with Crippen LogP contribution >= 0.6 is 11.6 Å². The minimum absolute atomic E-state index is 0.0605. The SMILES string of the molecule is Cn1ccc(-c2cc3c(Cl)ccc(NS(=O)(=O)c4ccc(C(C)(C)C)cc4)n3n2)n1. The van der Waals surface area contributed by atoms with Crippen LogP contribution in [0.15, 0.2) is 59.6 Å². The summed E-state index contributed by atoms with van der Waals surface area (Å²) in [7, 11) is -1.99. The lowest BCUT2D eigenvalue weighted by Gasteiger charge is -2.19. The highest BCUT2D eigenvalue weighted by Gasteiger charge is 2.20. The van der Waals surface area contributed by atoms with Crippen molar-refractivity contribution < 1.29 is 8.42 Å². The molecule has 0 spiro atoms. The van der Waals surface area contributed by atoms with Crippen molar-refractivity contribution >= 4 is 33.0 Å². The van der Waals surface area contributed by atoms with Crippen LogP contribution in [0.5, 0.6) is 0 Å². The summed E-state index contributed by atoms with van der Waals surface area (Å²) < 4.78 is 31.7. The van der Waals surface area contributed by atoms with Crippen molar-refractivity contribution in [3.05, 3.63) is 65.3 Å². The number of aromatic nitrogens is 4. The summed E-state index contributed by atoms with van der Waals surface area (Å²) in [6.45, 7) is 6.24. The van der Waals surface area contributed by atoms with Gasteiger partial charge in [0.25, 0.3) is 10.0 Å². The fourth-order valence-corrected chi connectivity index (χ4v) is 4.37. The van der Waals surface area contributed by atoms with E-state index in [-0.39, 0.29) is 16.1 Å². The predicted octanol–water partition coefficient (Wildman–Crippen LogP) is 4.49. The number of anilines is 1. The first kappa shape index (κ1) is 20.4. The first-order valence-electron chi connectivity index (χ1n) is 9.36. The van der Waals surface area contributed by atoms with Gasteiger partial charge in [-0.25, -0.2) is 12.9 Å². The van der Waals surface area contributed by atoms with Crippen LogP contribution in [-0.2, 0) is 22.5 Å². The van der Waals surface area contributed by atoms with Crippen molar-refractivity contribution in [2.75, 3.05) is 4.72 Å². The van der Waals surface area contributed by atoms with Gasteiger partial charge in [0, 0.05) is 13.2 Å². The Morgan fingerprint density at radius 2 is 1.67 bits per heavy atom. The van der Waals surface area contributed by atoms with Crippen LogP contribution in [0.2, 0.25) is 5.02 Å². The molecule has 4 rings (SSSR count). The predicted molar refractivity (Wildman–Crippen MR) is 118 cm³/mol. The van der Waals surface area contributed by atoms with Crippen molar-refractivity contribution in [2.24, 2.45) is 7.05 Å². The molecule has 0 aliphatic rings. The molecule has 0 saturated heterocycles. The average molecular weight is 444 g/mol. The van der Waals surface area contributed by atoms with Gasteiger partial charge in [0.15, 0.2) is 0 Å². The Morgan fingerprint density at radius 1 is 0.967 bits per heavy atom. The van der Waals surface area contributed by atoms with Gasteiger partial charge in [-0.1, -0.05) is 44.5 Å². The van der Waals surface area contributed by atoms with E-state index in [1.807, 2.05) is 31.4 Å². The van der Waals surface area contributed by atoms with Crippen LogP contribution < -0.4 is 4.72 Å². The molecule has 4 aromatic rings. The number of aryl methyl sites for hydroxylation is 1. The highest BCUT2D eigenvalue weighted by Crippen LogP contribution is 2.28. The molecule has 1 aromatic carbocycles. The number of hydrogen-bond donors (Lipinski definition) is 1. The molecule has 0 unspecified atom stereocenters. The van der Waals surface area contributed by atoms with Crippen LogP contribution in [0.1, 0.15) is 26.3 Å². The Bertz CT molecular complexity index is 1330. The van der Waals surface area contributed by atoms with Crippen molar-refractivity contribution in [3.8, 4) is 11.4 Å². The van der Waals surface area contributed by atoms with Gasteiger partial charge >= 0.3 is 0 Å². The summed E-state index contributed by atoms with van der Waals surface area (Å²) >= 11 is 6.32. The van der Waals surface area contributed by atoms with E-state index in [2.05, 4.69) is 35.7 Å². The van der Waals surface area contributed by atoms with E-state index in [4.69, 9.17) is 11.6 Å². The van der Waals surface area contributed by atoms with Gasteiger partial charge < -0.3 is 0 Å². The molecule has 0 bridgehead atoms. The van der Waals surface area contributed by atoms with E-state index >= 15 is 0 Å². The number of rotatable bonds is 4. The zero-order valence-electron chi connectivity index (χ0n) is 17.1. The van der Waals surface area contributed by atoms with Gasteiger partial charge in [0.05, 0.1) is 15.4 Å². The van der Waals surface area contributed by atoms with Crippen molar-refractivity contribution in [1.82, 2.24) is 19.4 Å². The van der Waals surface area contributed by atoms with Crippen LogP contribution in [-0.4, -0.2) is 27.8 Å². The summed E-state index contributed by atoms with van der Waals surface area (Å²) in [5.41, 5.74) is 2.85. The smallest absolute Gasteiger partial charge is 0.263 e. The summed E-state index contributed by atoms with van der Waals surface area (Å²) in [6, 6.07) is 13.7. The fraction of sp³-hybridized carbons (Fsp3) is 0.238. The van der Waals surface area contributed by atoms with E-state index < -0.39 is 10.0 Å². The summed E-state index contributed by atoms with van der Waals surface area (Å²) in [4.78, 5) is 0.177. The average Bonchev–Trinajstić information content (AvgIpc) is 3.30. The largest absolute Gasteiger partial charge is 0.275 e. The van der Waals surface area contributed by atoms with Gasteiger partial charge in [-0.05, 0) is 47.4 Å². The number of halogens is 1. The maximum atomic E-state index is 13.0. The molecule has 0 fully saturated rings. The number of sulfonamides is 1. The van der Waals surface area contributed by atoms with Gasteiger partial charge in [-0.2, -0.15) is 10.2 Å². The molecule has 30 heavy (non-hydrogen) atoms. The molecular formula is C21H22ClN5O2S. The Balaban J connectivity index is 1.72. The molecule has 7 nitrogen and oxygen atoms in total. The van der Waals surface area contributed by atoms with Crippen LogP contribution in [0, 0.1) is 0 Å². The second kappa shape index (κ2) is 7.14. The first-order chi connectivity index (χ1) is 14.0. The number of nitrogens with one attached hydrogen (secondary N) is 1. The van der Waals surface area contributed by atoms with Gasteiger partial charge in [-0.15, -0.1) is 0 Å². The van der Waals surface area contributed by atoms with Crippen LogP contribution in [0.25, 0.3) is 16.9 Å². The lowest BCUT2D eigenvalue weighted by atomic mass is 9.87. The first-order valence-corrected chi connectivity index (χ1v) is 11.2. The minimum Gasteiger partial charge on any atom is -0.275 e. The molecule has 3 aromatic heterocycles.